The van der Waals surface area contributed by atoms with Crippen LogP contribution in [0.1, 0.15) is 6.92 Å². The van der Waals surface area contributed by atoms with Crippen molar-refractivity contribution in [2.24, 2.45) is 0 Å². The van der Waals surface area contributed by atoms with Crippen LogP contribution < -0.4 is 10.1 Å². The van der Waals surface area contributed by atoms with Crippen molar-refractivity contribution in [1.29, 1.82) is 0 Å². The minimum atomic E-state index is -1.33. The lowest BCUT2D eigenvalue weighted by Crippen LogP contribution is -2.44. The quantitative estimate of drug-likeness (QED) is 0.708. The molecule has 0 aliphatic heterocycles. The van der Waals surface area contributed by atoms with Crippen LogP contribution in [-0.4, -0.2) is 41.5 Å². The fourth-order valence-electron chi connectivity index (χ4n) is 1.10. The summed E-state index contributed by atoms with van der Waals surface area (Å²) in [6, 6.07) is 6.81. The topological polar surface area (TPSA) is 78.8 Å². The molecule has 1 unspecified atom stereocenters. The molecule has 1 amide bonds. The second-order valence-corrected chi connectivity index (χ2v) is 4.56. The molecular weight excluding hydrogens is 258 g/mol. The van der Waals surface area contributed by atoms with Crippen molar-refractivity contribution < 1.29 is 19.7 Å². The Morgan fingerprint density at radius 1 is 1.50 bits per heavy atom. The average molecular weight is 274 g/mol. The first-order chi connectivity index (χ1) is 8.44. The molecule has 1 aromatic carbocycles. The summed E-state index contributed by atoms with van der Waals surface area (Å²) in [5.41, 5.74) is -1.33. The van der Waals surface area contributed by atoms with E-state index in [0.717, 1.165) is 0 Å². The van der Waals surface area contributed by atoms with Gasteiger partial charge < -0.3 is 20.3 Å². The molecule has 18 heavy (non-hydrogen) atoms. The molecule has 0 aromatic heterocycles. The van der Waals surface area contributed by atoms with E-state index in [1.54, 1.807) is 24.3 Å². The molecular formula is C12H16ClNO4. The highest BCUT2D eigenvalue weighted by Crippen LogP contribution is 2.22. The number of rotatable bonds is 6. The van der Waals surface area contributed by atoms with Crippen LogP contribution in [0.3, 0.4) is 0 Å². The fraction of sp³-hybridized carbons (Fsp3) is 0.417. The van der Waals surface area contributed by atoms with Crippen LogP contribution in [0.2, 0.25) is 5.02 Å². The first-order valence-corrected chi connectivity index (χ1v) is 5.80. The van der Waals surface area contributed by atoms with Crippen molar-refractivity contribution in [2.75, 3.05) is 19.8 Å². The Kier molecular flexibility index (Phi) is 5.40. The number of hydrogen-bond donors (Lipinski definition) is 3. The van der Waals surface area contributed by atoms with Gasteiger partial charge in [0.2, 0.25) is 0 Å². The molecule has 100 valence electrons. The summed E-state index contributed by atoms with van der Waals surface area (Å²) in [7, 11) is 0. The van der Waals surface area contributed by atoms with Gasteiger partial charge >= 0.3 is 0 Å². The normalized spacial score (nSPS) is 13.8. The number of benzene rings is 1. The van der Waals surface area contributed by atoms with E-state index in [-0.39, 0.29) is 13.2 Å². The van der Waals surface area contributed by atoms with Crippen molar-refractivity contribution in [3.8, 4) is 5.75 Å². The summed E-state index contributed by atoms with van der Waals surface area (Å²) >= 11 is 5.85. The fourth-order valence-corrected chi connectivity index (χ4v) is 1.29. The number of aliphatic hydroxyl groups is 2. The van der Waals surface area contributed by atoms with Crippen molar-refractivity contribution in [2.45, 2.75) is 12.5 Å². The zero-order chi connectivity index (χ0) is 13.6. The van der Waals surface area contributed by atoms with E-state index in [4.69, 9.17) is 21.4 Å². The third-order valence-electron chi connectivity index (χ3n) is 2.20. The standard InChI is InChI=1S/C12H16ClNO4/c1-12(17,8-15)7-14-11(16)6-18-10-5-3-2-4-9(10)13/h2-5,15,17H,6-8H2,1H3,(H,14,16). The van der Waals surface area contributed by atoms with Gasteiger partial charge in [0, 0.05) is 6.54 Å². The van der Waals surface area contributed by atoms with Gasteiger partial charge in [-0.2, -0.15) is 0 Å². The van der Waals surface area contributed by atoms with Crippen LogP contribution in [0.25, 0.3) is 0 Å². The molecule has 0 bridgehead atoms. The maximum Gasteiger partial charge on any atom is 0.258 e. The zero-order valence-corrected chi connectivity index (χ0v) is 10.8. The number of carbonyl (C=O) groups is 1. The number of ether oxygens (including phenoxy) is 1. The summed E-state index contributed by atoms with van der Waals surface area (Å²) in [4.78, 5) is 11.4. The molecule has 1 atom stereocenters. The molecule has 0 heterocycles. The molecule has 0 aliphatic rings. The summed E-state index contributed by atoms with van der Waals surface area (Å²) in [6.45, 7) is 0.736. The van der Waals surface area contributed by atoms with E-state index >= 15 is 0 Å². The van der Waals surface area contributed by atoms with E-state index in [1.807, 2.05) is 0 Å². The van der Waals surface area contributed by atoms with Crippen molar-refractivity contribution >= 4 is 17.5 Å². The molecule has 0 spiro atoms. The van der Waals surface area contributed by atoms with Gasteiger partial charge in [0.15, 0.2) is 6.61 Å². The maximum absolute atomic E-state index is 11.4. The van der Waals surface area contributed by atoms with Crippen LogP contribution in [0, 0.1) is 0 Å². The molecule has 0 aliphatic carbocycles. The monoisotopic (exact) mass is 273 g/mol. The molecule has 0 saturated heterocycles. The van der Waals surface area contributed by atoms with Crippen molar-refractivity contribution in [3.05, 3.63) is 29.3 Å². The van der Waals surface area contributed by atoms with Gasteiger partial charge in [-0.05, 0) is 19.1 Å². The molecule has 0 saturated carbocycles. The Hall–Kier alpha value is -1.30. The molecule has 0 radical (unpaired) electrons. The van der Waals surface area contributed by atoms with Gasteiger partial charge in [0.25, 0.3) is 5.91 Å². The zero-order valence-electron chi connectivity index (χ0n) is 10.0. The third-order valence-corrected chi connectivity index (χ3v) is 2.51. The molecule has 1 aromatic rings. The Morgan fingerprint density at radius 3 is 2.78 bits per heavy atom. The van der Waals surface area contributed by atoms with Crippen LogP contribution >= 0.6 is 11.6 Å². The van der Waals surface area contributed by atoms with Crippen LogP contribution in [-0.2, 0) is 4.79 Å². The molecule has 0 fully saturated rings. The number of nitrogens with one attached hydrogen (secondary N) is 1. The lowest BCUT2D eigenvalue weighted by atomic mass is 10.1. The van der Waals surface area contributed by atoms with E-state index < -0.39 is 18.1 Å². The van der Waals surface area contributed by atoms with Gasteiger partial charge in [-0.3, -0.25) is 4.79 Å². The average Bonchev–Trinajstić information content (AvgIpc) is 2.35. The van der Waals surface area contributed by atoms with Crippen LogP contribution in [0.4, 0.5) is 0 Å². The number of aliphatic hydroxyl groups excluding tert-OH is 1. The smallest absolute Gasteiger partial charge is 0.258 e. The second kappa shape index (κ2) is 6.58. The van der Waals surface area contributed by atoms with E-state index in [0.29, 0.717) is 10.8 Å². The third kappa shape index (κ3) is 4.91. The Bertz CT molecular complexity index is 409. The number of hydrogen-bond acceptors (Lipinski definition) is 4. The molecule has 5 nitrogen and oxygen atoms in total. The molecule has 3 N–H and O–H groups in total. The lowest BCUT2D eigenvalue weighted by molar-refractivity contribution is -0.124. The highest BCUT2D eigenvalue weighted by molar-refractivity contribution is 6.32. The number of carbonyl (C=O) groups excluding carboxylic acids is 1. The van der Waals surface area contributed by atoms with Crippen LogP contribution in [0.5, 0.6) is 5.75 Å². The predicted molar refractivity (Wildman–Crippen MR) is 67.7 cm³/mol. The van der Waals surface area contributed by atoms with E-state index in [1.165, 1.54) is 6.92 Å². The van der Waals surface area contributed by atoms with E-state index in [2.05, 4.69) is 5.32 Å². The summed E-state index contributed by atoms with van der Waals surface area (Å²) in [6.07, 6.45) is 0. The van der Waals surface area contributed by atoms with E-state index in [9.17, 15) is 9.90 Å². The molecule has 6 heteroatoms. The van der Waals surface area contributed by atoms with Gasteiger partial charge in [0.05, 0.1) is 11.6 Å². The maximum atomic E-state index is 11.4. The number of halogens is 1. The summed E-state index contributed by atoms with van der Waals surface area (Å²) in [5, 5.41) is 21.1. The van der Waals surface area contributed by atoms with Gasteiger partial charge in [0.1, 0.15) is 11.4 Å². The number of para-hydroxylation sites is 1. The van der Waals surface area contributed by atoms with Crippen molar-refractivity contribution in [1.82, 2.24) is 5.32 Å². The Morgan fingerprint density at radius 2 is 2.17 bits per heavy atom. The first-order valence-electron chi connectivity index (χ1n) is 5.42. The molecule has 1 rings (SSSR count). The minimum absolute atomic E-state index is 0.0474. The summed E-state index contributed by atoms with van der Waals surface area (Å²) < 4.78 is 5.21. The highest BCUT2D eigenvalue weighted by atomic mass is 35.5. The van der Waals surface area contributed by atoms with Gasteiger partial charge in [-0.1, -0.05) is 23.7 Å². The van der Waals surface area contributed by atoms with Crippen LogP contribution in [0.15, 0.2) is 24.3 Å². The largest absolute Gasteiger partial charge is 0.482 e. The van der Waals surface area contributed by atoms with Gasteiger partial charge in [-0.25, -0.2) is 0 Å². The lowest BCUT2D eigenvalue weighted by Gasteiger charge is -2.20. The SMILES string of the molecule is CC(O)(CO)CNC(=O)COc1ccccc1Cl. The minimum Gasteiger partial charge on any atom is -0.482 e. The first kappa shape index (κ1) is 14.8. The predicted octanol–water partition coefficient (Wildman–Crippen LogP) is 0.578. The number of amides is 1. The van der Waals surface area contributed by atoms with Gasteiger partial charge in [-0.15, -0.1) is 0 Å². The Labute approximate surface area is 110 Å². The highest BCUT2D eigenvalue weighted by Gasteiger charge is 2.19. The second-order valence-electron chi connectivity index (χ2n) is 4.15. The Balaban J connectivity index is 2.36. The summed E-state index contributed by atoms with van der Waals surface area (Å²) in [5.74, 6) is 0.0203. The van der Waals surface area contributed by atoms with Crippen molar-refractivity contribution in [3.63, 3.8) is 0 Å².